The number of ether oxygens (including phenoxy) is 2. The van der Waals surface area contributed by atoms with Crippen LogP contribution < -0.4 is 14.4 Å². The van der Waals surface area contributed by atoms with Gasteiger partial charge in [-0.1, -0.05) is 30.7 Å². The van der Waals surface area contributed by atoms with E-state index in [4.69, 9.17) is 21.1 Å². The van der Waals surface area contributed by atoms with Crippen molar-refractivity contribution in [2.45, 2.75) is 24.9 Å². The lowest BCUT2D eigenvalue weighted by Gasteiger charge is -2.24. The van der Waals surface area contributed by atoms with Gasteiger partial charge in [0.05, 0.1) is 5.69 Å². The van der Waals surface area contributed by atoms with E-state index < -0.39 is 5.60 Å². The minimum absolute atomic E-state index is 0.147. The van der Waals surface area contributed by atoms with Crippen molar-refractivity contribution in [3.8, 4) is 11.5 Å². The molecule has 26 heavy (non-hydrogen) atoms. The van der Waals surface area contributed by atoms with Crippen molar-refractivity contribution in [3.63, 3.8) is 0 Å². The van der Waals surface area contributed by atoms with E-state index in [2.05, 4.69) is 0 Å². The van der Waals surface area contributed by atoms with Crippen molar-refractivity contribution < 1.29 is 19.4 Å². The largest absolute Gasteiger partial charge is 0.454 e. The van der Waals surface area contributed by atoms with Crippen LogP contribution >= 0.6 is 11.6 Å². The Bertz CT molecular complexity index is 840. The van der Waals surface area contributed by atoms with Gasteiger partial charge >= 0.3 is 0 Å². The molecule has 0 saturated carbocycles. The maximum absolute atomic E-state index is 13.2. The van der Waals surface area contributed by atoms with Crippen LogP contribution in [0.4, 0.5) is 5.69 Å². The van der Waals surface area contributed by atoms with E-state index in [1.54, 1.807) is 29.2 Å². The molecule has 4 rings (SSSR count). The van der Waals surface area contributed by atoms with Gasteiger partial charge in [-0.2, -0.15) is 0 Å². The first kappa shape index (κ1) is 17.2. The summed E-state index contributed by atoms with van der Waals surface area (Å²) in [7, 11) is 0. The monoisotopic (exact) mass is 373 g/mol. The number of fused-ring (bicyclic) bond motifs is 2. The summed E-state index contributed by atoms with van der Waals surface area (Å²) in [5.41, 5.74) is 0.122. The maximum Gasteiger partial charge on any atom is 0.268 e. The highest BCUT2D eigenvalue weighted by atomic mass is 35.5. The summed E-state index contributed by atoms with van der Waals surface area (Å²) in [6, 6.07) is 12.5. The van der Waals surface area contributed by atoms with Gasteiger partial charge in [0.25, 0.3) is 5.91 Å². The second-order valence-corrected chi connectivity index (χ2v) is 6.88. The van der Waals surface area contributed by atoms with E-state index >= 15 is 0 Å². The number of alkyl halides is 1. The summed E-state index contributed by atoms with van der Waals surface area (Å²) in [5.74, 6) is 1.45. The molecular formula is C20H20ClNO4. The molecule has 0 saturated heterocycles. The molecule has 136 valence electrons. The Balaban J connectivity index is 1.71. The minimum Gasteiger partial charge on any atom is -0.454 e. The molecule has 2 aliphatic heterocycles. The van der Waals surface area contributed by atoms with Gasteiger partial charge in [-0.3, -0.25) is 4.79 Å². The number of anilines is 1. The Morgan fingerprint density at radius 2 is 1.88 bits per heavy atom. The number of benzene rings is 2. The van der Waals surface area contributed by atoms with Crippen molar-refractivity contribution in [3.05, 3.63) is 53.6 Å². The summed E-state index contributed by atoms with van der Waals surface area (Å²) in [4.78, 5) is 14.9. The minimum atomic E-state index is -1.72. The average molecular weight is 374 g/mol. The zero-order valence-corrected chi connectivity index (χ0v) is 15.0. The van der Waals surface area contributed by atoms with Crippen LogP contribution in [0.3, 0.4) is 0 Å². The van der Waals surface area contributed by atoms with Crippen LogP contribution in [0, 0.1) is 0 Å². The van der Waals surface area contributed by atoms with Gasteiger partial charge in [-0.25, -0.2) is 0 Å². The van der Waals surface area contributed by atoms with Crippen molar-refractivity contribution in [2.24, 2.45) is 0 Å². The summed E-state index contributed by atoms with van der Waals surface area (Å²) in [6.45, 7) is 0.702. The Labute approximate surface area is 157 Å². The second-order valence-electron chi connectivity index (χ2n) is 6.50. The maximum atomic E-state index is 13.2. The molecule has 0 spiro atoms. The number of hydrogen-bond acceptors (Lipinski definition) is 4. The Kier molecular flexibility index (Phi) is 4.51. The van der Waals surface area contributed by atoms with Crippen LogP contribution in [0.25, 0.3) is 0 Å². The third-order valence-corrected chi connectivity index (χ3v) is 5.21. The molecule has 2 aliphatic rings. The fourth-order valence-corrected chi connectivity index (χ4v) is 3.79. The van der Waals surface area contributed by atoms with Crippen molar-refractivity contribution in [2.75, 3.05) is 24.1 Å². The van der Waals surface area contributed by atoms with Gasteiger partial charge in [-0.05, 0) is 31.0 Å². The quantitative estimate of drug-likeness (QED) is 0.622. The van der Waals surface area contributed by atoms with Gasteiger partial charge in [0.1, 0.15) is 0 Å². The number of hydrogen-bond donors (Lipinski definition) is 1. The van der Waals surface area contributed by atoms with Crippen LogP contribution in [0.2, 0.25) is 0 Å². The lowest BCUT2D eigenvalue weighted by atomic mass is 9.87. The van der Waals surface area contributed by atoms with E-state index in [-0.39, 0.29) is 12.7 Å². The molecular weight excluding hydrogens is 354 g/mol. The molecule has 0 bridgehead atoms. The lowest BCUT2D eigenvalue weighted by molar-refractivity contribution is -0.132. The molecule has 5 nitrogen and oxygen atoms in total. The molecule has 0 radical (unpaired) electrons. The van der Waals surface area contributed by atoms with Crippen molar-refractivity contribution >= 4 is 23.2 Å². The van der Waals surface area contributed by atoms with Crippen LogP contribution in [-0.2, 0) is 10.4 Å². The van der Waals surface area contributed by atoms with Gasteiger partial charge in [0, 0.05) is 23.6 Å². The molecule has 2 heterocycles. The molecule has 1 amide bonds. The molecule has 2 aromatic rings. The first-order chi connectivity index (χ1) is 12.7. The molecule has 1 unspecified atom stereocenters. The van der Waals surface area contributed by atoms with E-state index in [0.29, 0.717) is 35.1 Å². The first-order valence-corrected chi connectivity index (χ1v) is 9.29. The molecule has 1 N–H and O–H groups in total. The zero-order valence-electron chi connectivity index (χ0n) is 14.3. The van der Waals surface area contributed by atoms with Crippen LogP contribution in [0.5, 0.6) is 11.5 Å². The van der Waals surface area contributed by atoms with Crippen LogP contribution in [0.15, 0.2) is 42.5 Å². The average Bonchev–Trinajstić information content (AvgIpc) is 3.22. The highest BCUT2D eigenvalue weighted by Crippen LogP contribution is 2.46. The SMILES string of the molecule is O=C1N(CCCCCCl)c2ccccc2C1(O)c1ccc2c(c1)OCO2. The standard InChI is InChI=1S/C20H20ClNO4/c21-10-4-1-5-11-22-16-7-3-2-6-15(16)20(24,19(22)23)14-8-9-17-18(12-14)26-13-25-17/h2-3,6-9,12,24H,1,4-5,10-11,13H2. The highest BCUT2D eigenvalue weighted by Gasteiger charge is 2.51. The molecule has 0 aliphatic carbocycles. The number of unbranched alkanes of at least 4 members (excludes halogenated alkanes) is 2. The van der Waals surface area contributed by atoms with E-state index in [9.17, 15) is 9.90 Å². The Hall–Kier alpha value is -2.24. The Morgan fingerprint density at radius 3 is 2.73 bits per heavy atom. The highest BCUT2D eigenvalue weighted by molar-refractivity contribution is 6.17. The normalized spacial score (nSPS) is 20.5. The molecule has 2 aromatic carbocycles. The smallest absolute Gasteiger partial charge is 0.268 e. The van der Waals surface area contributed by atoms with E-state index in [1.165, 1.54) is 0 Å². The van der Waals surface area contributed by atoms with Crippen LogP contribution in [-0.4, -0.2) is 30.2 Å². The third kappa shape index (κ3) is 2.63. The molecule has 0 aromatic heterocycles. The number of nitrogens with zero attached hydrogens (tertiary/aromatic N) is 1. The van der Waals surface area contributed by atoms with Gasteiger partial charge in [0.2, 0.25) is 6.79 Å². The number of amides is 1. The van der Waals surface area contributed by atoms with E-state index in [1.807, 2.05) is 18.2 Å². The Morgan fingerprint density at radius 1 is 1.08 bits per heavy atom. The third-order valence-electron chi connectivity index (χ3n) is 4.94. The number of rotatable bonds is 6. The van der Waals surface area contributed by atoms with Gasteiger partial charge < -0.3 is 19.5 Å². The predicted octanol–water partition coefficient (Wildman–Crippen LogP) is 3.41. The molecule has 6 heteroatoms. The molecule has 1 atom stereocenters. The van der Waals surface area contributed by atoms with E-state index in [0.717, 1.165) is 24.9 Å². The summed E-state index contributed by atoms with van der Waals surface area (Å²) < 4.78 is 10.7. The van der Waals surface area contributed by atoms with Gasteiger partial charge in [0.15, 0.2) is 17.1 Å². The fraction of sp³-hybridized carbons (Fsp3) is 0.350. The summed E-state index contributed by atoms with van der Waals surface area (Å²) in [5, 5.41) is 11.5. The van der Waals surface area contributed by atoms with Crippen LogP contribution in [0.1, 0.15) is 30.4 Å². The molecule has 0 fully saturated rings. The van der Waals surface area contributed by atoms with Crippen molar-refractivity contribution in [1.82, 2.24) is 0 Å². The first-order valence-electron chi connectivity index (χ1n) is 8.76. The number of halogens is 1. The summed E-state index contributed by atoms with van der Waals surface area (Å²) in [6.07, 6.45) is 2.69. The number of aliphatic hydroxyl groups is 1. The summed E-state index contributed by atoms with van der Waals surface area (Å²) >= 11 is 5.74. The zero-order chi connectivity index (χ0) is 18.1. The topological polar surface area (TPSA) is 59.0 Å². The predicted molar refractivity (Wildman–Crippen MR) is 98.9 cm³/mol. The lowest BCUT2D eigenvalue weighted by Crippen LogP contribution is -2.41. The number of carbonyl (C=O) groups excluding carboxylic acids is 1. The van der Waals surface area contributed by atoms with Crippen molar-refractivity contribution in [1.29, 1.82) is 0 Å². The number of carbonyl (C=O) groups is 1. The fourth-order valence-electron chi connectivity index (χ4n) is 3.60. The van der Waals surface area contributed by atoms with Gasteiger partial charge in [-0.15, -0.1) is 11.6 Å². The number of para-hydroxylation sites is 1. The second kappa shape index (κ2) is 6.82.